The van der Waals surface area contributed by atoms with Gasteiger partial charge in [-0.05, 0) is 12.8 Å². The molecule has 0 radical (unpaired) electrons. The summed E-state index contributed by atoms with van der Waals surface area (Å²) >= 11 is 0. The zero-order valence-corrected chi connectivity index (χ0v) is 6.01. The zero-order chi connectivity index (χ0) is 7.82. The van der Waals surface area contributed by atoms with Gasteiger partial charge in [0, 0.05) is 5.57 Å². The Morgan fingerprint density at radius 1 is 1.40 bits per heavy atom. The minimum Gasteiger partial charge on any atom is -0.193 e. The third kappa shape index (κ3) is 3.68. The highest BCUT2D eigenvalue weighted by atomic mass is 14.2. The third-order valence-electron chi connectivity index (χ3n) is 1.04. The maximum absolute atomic E-state index is 8.48. The molecule has 0 heterocycles. The molecule has 0 unspecified atom stereocenters. The van der Waals surface area contributed by atoms with Gasteiger partial charge in [-0.25, -0.2) is 0 Å². The molecule has 0 aromatic carbocycles. The summed E-state index contributed by atoms with van der Waals surface area (Å²) in [6.07, 6.45) is 6.76. The number of hydrogen-bond donors (Lipinski definition) is 0. The second-order valence-electron chi connectivity index (χ2n) is 1.86. The molecule has 0 saturated carbocycles. The van der Waals surface area contributed by atoms with E-state index in [4.69, 9.17) is 5.26 Å². The fourth-order valence-corrected chi connectivity index (χ4v) is 0.556. The van der Waals surface area contributed by atoms with Gasteiger partial charge in [-0.3, -0.25) is 0 Å². The van der Waals surface area contributed by atoms with Crippen molar-refractivity contribution in [1.29, 1.82) is 5.26 Å². The topological polar surface area (TPSA) is 23.8 Å². The van der Waals surface area contributed by atoms with Gasteiger partial charge < -0.3 is 0 Å². The maximum Gasteiger partial charge on any atom is 0.0947 e. The van der Waals surface area contributed by atoms with Gasteiger partial charge in [0.1, 0.15) is 0 Å². The number of nitriles is 1. The van der Waals surface area contributed by atoms with Gasteiger partial charge in [0.25, 0.3) is 0 Å². The van der Waals surface area contributed by atoms with Crippen molar-refractivity contribution in [2.75, 3.05) is 0 Å². The van der Waals surface area contributed by atoms with Crippen LogP contribution in [0.5, 0.6) is 0 Å². The molecule has 0 atom stereocenters. The van der Waals surface area contributed by atoms with Crippen LogP contribution in [-0.2, 0) is 0 Å². The van der Waals surface area contributed by atoms with Gasteiger partial charge in [-0.1, -0.05) is 18.2 Å². The number of rotatable bonds is 4. The Kier molecular flexibility index (Phi) is 5.09. The van der Waals surface area contributed by atoms with E-state index in [1.165, 1.54) is 0 Å². The fourth-order valence-electron chi connectivity index (χ4n) is 0.556. The Morgan fingerprint density at radius 3 is 2.50 bits per heavy atom. The first-order valence-electron chi connectivity index (χ1n) is 3.16. The second kappa shape index (κ2) is 5.84. The Hall–Kier alpha value is -1.29. The quantitative estimate of drug-likeness (QED) is 0.427. The van der Waals surface area contributed by atoms with Crippen molar-refractivity contribution in [2.24, 2.45) is 0 Å². The lowest BCUT2D eigenvalue weighted by Gasteiger charge is -1.87. The molecule has 0 aromatic heterocycles. The van der Waals surface area contributed by atoms with E-state index in [0.29, 0.717) is 6.42 Å². The molecule has 0 aliphatic rings. The van der Waals surface area contributed by atoms with Gasteiger partial charge >= 0.3 is 0 Å². The van der Waals surface area contributed by atoms with Crippen molar-refractivity contribution in [2.45, 2.75) is 12.8 Å². The van der Waals surface area contributed by atoms with Crippen LogP contribution in [0.2, 0.25) is 0 Å². The van der Waals surface area contributed by atoms with Gasteiger partial charge in [-0.2, -0.15) is 5.26 Å². The third-order valence-corrected chi connectivity index (χ3v) is 1.04. The first kappa shape index (κ1) is 8.71. The monoisotopic (exact) mass is 133 g/mol. The first-order chi connectivity index (χ1) is 4.85. The summed E-state index contributed by atoms with van der Waals surface area (Å²) in [6.45, 7) is 7.09. The molecule has 0 N–H and O–H groups in total. The van der Waals surface area contributed by atoms with Crippen molar-refractivity contribution in [3.63, 3.8) is 0 Å². The summed E-state index contributed by atoms with van der Waals surface area (Å²) in [5, 5.41) is 8.48. The lowest BCUT2D eigenvalue weighted by molar-refractivity contribution is 1.23. The van der Waals surface area contributed by atoms with Crippen LogP contribution in [0.15, 0.2) is 37.0 Å². The Balaban J connectivity index is 3.92. The highest BCUT2D eigenvalue weighted by Crippen LogP contribution is 2.01. The van der Waals surface area contributed by atoms with Crippen molar-refractivity contribution in [1.82, 2.24) is 0 Å². The van der Waals surface area contributed by atoms with E-state index >= 15 is 0 Å². The minimum atomic E-state index is 0.657. The standard InChI is InChI=1S/C9H11N/c1-3-5-7-9(8-10)6-4-2/h3-4,7H,1-2,5-6H2. The molecule has 0 aliphatic carbocycles. The minimum absolute atomic E-state index is 0.657. The van der Waals surface area contributed by atoms with Crippen LogP contribution in [-0.4, -0.2) is 0 Å². The van der Waals surface area contributed by atoms with Crippen LogP contribution in [0, 0.1) is 11.3 Å². The van der Waals surface area contributed by atoms with Crippen molar-refractivity contribution in [3.8, 4) is 6.07 Å². The second-order valence-corrected chi connectivity index (χ2v) is 1.86. The Bertz CT molecular complexity index is 181. The normalized spacial score (nSPS) is 10.1. The summed E-state index contributed by atoms with van der Waals surface area (Å²) in [6, 6.07) is 2.08. The predicted molar refractivity (Wildman–Crippen MR) is 43.3 cm³/mol. The largest absolute Gasteiger partial charge is 0.193 e. The molecule has 1 nitrogen and oxygen atoms in total. The summed E-state index contributed by atoms with van der Waals surface area (Å²) in [4.78, 5) is 0. The van der Waals surface area contributed by atoms with Crippen LogP contribution in [0.25, 0.3) is 0 Å². The van der Waals surface area contributed by atoms with Gasteiger partial charge in [0.2, 0.25) is 0 Å². The van der Waals surface area contributed by atoms with Gasteiger partial charge in [0.05, 0.1) is 6.07 Å². The summed E-state index contributed by atoms with van der Waals surface area (Å²) in [5.74, 6) is 0. The van der Waals surface area contributed by atoms with Crippen molar-refractivity contribution in [3.05, 3.63) is 37.0 Å². The maximum atomic E-state index is 8.48. The molecule has 0 rings (SSSR count). The van der Waals surface area contributed by atoms with E-state index in [0.717, 1.165) is 12.0 Å². The van der Waals surface area contributed by atoms with Gasteiger partial charge in [-0.15, -0.1) is 13.2 Å². The van der Waals surface area contributed by atoms with Crippen LogP contribution in [0.1, 0.15) is 12.8 Å². The van der Waals surface area contributed by atoms with Gasteiger partial charge in [0.15, 0.2) is 0 Å². The molecule has 0 bridgehead atoms. The number of hydrogen-bond acceptors (Lipinski definition) is 1. The molecule has 52 valence electrons. The molecule has 0 aliphatic heterocycles. The Labute approximate surface area is 62.0 Å². The van der Waals surface area contributed by atoms with E-state index in [1.54, 1.807) is 12.2 Å². The molecular weight excluding hydrogens is 122 g/mol. The zero-order valence-electron chi connectivity index (χ0n) is 6.01. The predicted octanol–water partition coefficient (Wildman–Crippen LogP) is 2.59. The summed E-state index contributed by atoms with van der Waals surface area (Å²) in [7, 11) is 0. The molecule has 0 fully saturated rings. The molecule has 0 aromatic rings. The van der Waals surface area contributed by atoms with E-state index in [1.807, 2.05) is 6.08 Å². The summed E-state index contributed by atoms with van der Waals surface area (Å²) in [5.41, 5.74) is 0.759. The smallest absolute Gasteiger partial charge is 0.0947 e. The first-order valence-corrected chi connectivity index (χ1v) is 3.16. The van der Waals surface area contributed by atoms with Crippen LogP contribution in [0.4, 0.5) is 0 Å². The van der Waals surface area contributed by atoms with Crippen LogP contribution < -0.4 is 0 Å². The molecule has 1 heteroatoms. The number of nitrogens with zero attached hydrogens (tertiary/aromatic N) is 1. The van der Waals surface area contributed by atoms with Crippen molar-refractivity contribution < 1.29 is 0 Å². The molecule has 0 amide bonds. The SMILES string of the molecule is C=CCC=C(C#N)CC=C. The van der Waals surface area contributed by atoms with Crippen molar-refractivity contribution >= 4 is 0 Å². The number of allylic oxidation sites excluding steroid dienone is 4. The van der Waals surface area contributed by atoms with Crippen LogP contribution in [0.3, 0.4) is 0 Å². The highest BCUT2D eigenvalue weighted by Gasteiger charge is 1.87. The molecular formula is C9H11N. The lowest BCUT2D eigenvalue weighted by Crippen LogP contribution is -1.73. The lowest BCUT2D eigenvalue weighted by atomic mass is 10.2. The van der Waals surface area contributed by atoms with Crippen LogP contribution >= 0.6 is 0 Å². The molecule has 0 spiro atoms. The van der Waals surface area contributed by atoms with E-state index in [-0.39, 0.29) is 0 Å². The average Bonchev–Trinajstić information content (AvgIpc) is 1.98. The van der Waals surface area contributed by atoms with E-state index in [9.17, 15) is 0 Å². The fraction of sp³-hybridized carbons (Fsp3) is 0.222. The van der Waals surface area contributed by atoms with E-state index in [2.05, 4.69) is 19.2 Å². The molecule has 10 heavy (non-hydrogen) atoms. The Morgan fingerprint density at radius 2 is 2.10 bits per heavy atom. The highest BCUT2D eigenvalue weighted by molar-refractivity contribution is 5.23. The summed E-state index contributed by atoms with van der Waals surface area (Å²) < 4.78 is 0. The average molecular weight is 133 g/mol. The van der Waals surface area contributed by atoms with E-state index < -0.39 is 0 Å². The molecule has 0 saturated heterocycles.